The van der Waals surface area contributed by atoms with Crippen molar-refractivity contribution in [1.82, 2.24) is 20.4 Å². The van der Waals surface area contributed by atoms with Gasteiger partial charge < -0.3 is 15.4 Å². The van der Waals surface area contributed by atoms with E-state index in [1.807, 2.05) is 25.6 Å². The number of aryl methyl sites for hydroxylation is 2. The van der Waals surface area contributed by atoms with E-state index in [1.165, 1.54) is 12.1 Å². The summed E-state index contributed by atoms with van der Waals surface area (Å²) in [4.78, 5) is 4.14. The lowest BCUT2D eigenvalue weighted by molar-refractivity contribution is -0.0504. The van der Waals surface area contributed by atoms with Crippen LogP contribution in [0.3, 0.4) is 0 Å². The van der Waals surface area contributed by atoms with Gasteiger partial charge in [-0.2, -0.15) is 13.9 Å². The van der Waals surface area contributed by atoms with Crippen LogP contribution in [0.5, 0.6) is 5.75 Å². The van der Waals surface area contributed by atoms with Crippen LogP contribution in [0.25, 0.3) is 0 Å². The van der Waals surface area contributed by atoms with Crippen LogP contribution in [-0.4, -0.2) is 29.4 Å². The summed E-state index contributed by atoms with van der Waals surface area (Å²) in [5.74, 6) is 0.599. The van der Waals surface area contributed by atoms with Crippen molar-refractivity contribution in [2.45, 2.75) is 33.5 Å². The third-order valence-corrected chi connectivity index (χ3v) is 4.24. The Kier molecular flexibility index (Phi) is 6.79. The van der Waals surface area contributed by atoms with Crippen LogP contribution in [-0.2, 0) is 20.1 Å². The molecule has 0 aliphatic rings. The van der Waals surface area contributed by atoms with Crippen molar-refractivity contribution in [1.29, 1.82) is 0 Å². The van der Waals surface area contributed by atoms with Crippen molar-refractivity contribution >= 4 is 17.6 Å². The van der Waals surface area contributed by atoms with Crippen LogP contribution in [0.4, 0.5) is 8.78 Å². The highest BCUT2D eigenvalue weighted by Gasteiger charge is 2.12. The van der Waals surface area contributed by atoms with Crippen LogP contribution < -0.4 is 15.4 Å². The van der Waals surface area contributed by atoms with Crippen molar-refractivity contribution in [3.63, 3.8) is 0 Å². The normalized spacial score (nSPS) is 11.8. The molecule has 0 saturated carbocycles. The van der Waals surface area contributed by atoms with Crippen LogP contribution in [0.2, 0.25) is 5.02 Å². The molecular weight excluding hydrogens is 364 g/mol. The first-order chi connectivity index (χ1) is 12.3. The highest BCUT2D eigenvalue weighted by Crippen LogP contribution is 2.24. The predicted molar refractivity (Wildman–Crippen MR) is 97.8 cm³/mol. The minimum atomic E-state index is -2.90. The number of rotatable bonds is 6. The molecule has 0 radical (unpaired) electrons. The van der Waals surface area contributed by atoms with Gasteiger partial charge in [0.05, 0.1) is 5.69 Å². The molecule has 0 aliphatic carbocycles. The smallest absolute Gasteiger partial charge is 0.387 e. The number of benzene rings is 1. The van der Waals surface area contributed by atoms with Crippen molar-refractivity contribution in [2.24, 2.45) is 12.0 Å². The van der Waals surface area contributed by atoms with Crippen molar-refractivity contribution in [2.75, 3.05) is 7.05 Å². The lowest BCUT2D eigenvalue weighted by Gasteiger charge is -2.15. The van der Waals surface area contributed by atoms with Crippen molar-refractivity contribution in [3.05, 3.63) is 45.7 Å². The van der Waals surface area contributed by atoms with Crippen molar-refractivity contribution < 1.29 is 13.5 Å². The summed E-state index contributed by atoms with van der Waals surface area (Å²) in [6.07, 6.45) is 0. The number of hydrogen-bond acceptors (Lipinski definition) is 3. The molecule has 0 aliphatic heterocycles. The number of nitrogens with one attached hydrogen (secondary N) is 2. The van der Waals surface area contributed by atoms with Gasteiger partial charge in [0.15, 0.2) is 5.96 Å². The average molecular weight is 386 g/mol. The standard InChI is InChI=1S/C17H22ClF2N5O/c1-10-14(11(2)25(4)24-10)9-23-17(21-3)22-8-12-7-13(18)5-6-15(12)26-16(19)20/h5-7,16H,8-9H2,1-4H3,(H2,21,22,23). The molecule has 2 aromatic rings. The molecule has 0 saturated heterocycles. The monoisotopic (exact) mass is 385 g/mol. The maximum absolute atomic E-state index is 12.5. The largest absolute Gasteiger partial charge is 0.434 e. The van der Waals surface area contributed by atoms with Gasteiger partial charge in [0, 0.05) is 49.0 Å². The first-order valence-corrected chi connectivity index (χ1v) is 8.36. The molecule has 142 valence electrons. The van der Waals surface area contributed by atoms with Gasteiger partial charge in [0.2, 0.25) is 0 Å². The molecule has 0 unspecified atom stereocenters. The van der Waals surface area contributed by atoms with Gasteiger partial charge in [0.1, 0.15) is 5.75 Å². The maximum Gasteiger partial charge on any atom is 0.387 e. The molecule has 0 fully saturated rings. The van der Waals surface area contributed by atoms with E-state index < -0.39 is 6.61 Å². The first kappa shape index (κ1) is 20.0. The van der Waals surface area contributed by atoms with E-state index in [-0.39, 0.29) is 12.3 Å². The summed E-state index contributed by atoms with van der Waals surface area (Å²) in [5, 5.41) is 11.1. The number of alkyl halides is 2. The molecule has 0 spiro atoms. The highest BCUT2D eigenvalue weighted by molar-refractivity contribution is 6.30. The minimum absolute atomic E-state index is 0.0753. The van der Waals surface area contributed by atoms with E-state index in [0.717, 1.165) is 17.0 Å². The van der Waals surface area contributed by atoms with E-state index in [1.54, 1.807) is 13.1 Å². The summed E-state index contributed by atoms with van der Waals surface area (Å²) in [5.41, 5.74) is 3.60. The maximum atomic E-state index is 12.5. The van der Waals surface area contributed by atoms with Crippen molar-refractivity contribution in [3.8, 4) is 5.75 Å². The number of aromatic nitrogens is 2. The Labute approximate surface area is 156 Å². The van der Waals surface area contributed by atoms with Gasteiger partial charge in [-0.1, -0.05) is 11.6 Å². The Morgan fingerprint density at radius 3 is 2.58 bits per heavy atom. The quantitative estimate of drug-likeness (QED) is 0.592. The average Bonchev–Trinajstić information content (AvgIpc) is 2.82. The Bertz CT molecular complexity index is 792. The third kappa shape index (κ3) is 5.08. The zero-order chi connectivity index (χ0) is 19.3. The fourth-order valence-electron chi connectivity index (χ4n) is 2.54. The number of ether oxygens (including phenoxy) is 1. The molecular formula is C17H22ClF2N5O. The molecule has 26 heavy (non-hydrogen) atoms. The SMILES string of the molecule is CN=C(NCc1cc(Cl)ccc1OC(F)F)NCc1c(C)nn(C)c1C. The summed E-state index contributed by atoms with van der Waals surface area (Å²) in [7, 11) is 3.52. The predicted octanol–water partition coefficient (Wildman–Crippen LogP) is 3.16. The molecule has 0 bridgehead atoms. The molecule has 1 aromatic carbocycles. The Hall–Kier alpha value is -2.35. The Balaban J connectivity index is 2.02. The van der Waals surface area contributed by atoms with E-state index in [4.69, 9.17) is 11.6 Å². The molecule has 1 heterocycles. The number of hydrogen-bond donors (Lipinski definition) is 2. The lowest BCUT2D eigenvalue weighted by Crippen LogP contribution is -2.36. The van der Waals surface area contributed by atoms with Crippen LogP contribution in [0.15, 0.2) is 23.2 Å². The van der Waals surface area contributed by atoms with Gasteiger partial charge in [-0.05, 0) is 32.0 Å². The lowest BCUT2D eigenvalue weighted by atomic mass is 10.2. The highest BCUT2D eigenvalue weighted by atomic mass is 35.5. The van der Waals surface area contributed by atoms with Crippen LogP contribution >= 0.6 is 11.6 Å². The fraction of sp³-hybridized carbons (Fsp3) is 0.412. The van der Waals surface area contributed by atoms with E-state index in [0.29, 0.717) is 23.1 Å². The summed E-state index contributed by atoms with van der Waals surface area (Å²) in [6.45, 7) is 1.81. The number of guanidine groups is 1. The molecule has 6 nitrogen and oxygen atoms in total. The van der Waals surface area contributed by atoms with Gasteiger partial charge >= 0.3 is 6.61 Å². The summed E-state index contributed by atoms with van der Waals surface area (Å²) < 4.78 is 31.4. The molecule has 1 aromatic heterocycles. The topological polar surface area (TPSA) is 63.5 Å². The minimum Gasteiger partial charge on any atom is -0.434 e. The first-order valence-electron chi connectivity index (χ1n) is 7.98. The molecule has 9 heteroatoms. The third-order valence-electron chi connectivity index (χ3n) is 4.00. The van der Waals surface area contributed by atoms with E-state index in [9.17, 15) is 8.78 Å². The summed E-state index contributed by atoms with van der Waals surface area (Å²) >= 11 is 5.95. The van der Waals surface area contributed by atoms with Gasteiger partial charge in [0.25, 0.3) is 0 Å². The van der Waals surface area contributed by atoms with Gasteiger partial charge in [-0.3, -0.25) is 9.67 Å². The van der Waals surface area contributed by atoms with Crippen LogP contribution in [0.1, 0.15) is 22.5 Å². The van der Waals surface area contributed by atoms with E-state index >= 15 is 0 Å². The Morgan fingerprint density at radius 2 is 2.00 bits per heavy atom. The summed E-state index contributed by atoms with van der Waals surface area (Å²) in [6, 6.07) is 4.50. The van der Waals surface area contributed by atoms with Crippen LogP contribution in [0, 0.1) is 13.8 Å². The molecule has 0 amide bonds. The van der Waals surface area contributed by atoms with Gasteiger partial charge in [-0.25, -0.2) is 0 Å². The fourth-order valence-corrected chi connectivity index (χ4v) is 2.74. The van der Waals surface area contributed by atoms with E-state index in [2.05, 4.69) is 25.5 Å². The second-order valence-electron chi connectivity index (χ2n) is 5.68. The molecule has 2 N–H and O–H groups in total. The zero-order valence-electron chi connectivity index (χ0n) is 15.1. The molecule has 0 atom stereocenters. The zero-order valence-corrected chi connectivity index (χ0v) is 15.9. The number of aliphatic imine (C=N–C) groups is 1. The Morgan fingerprint density at radius 1 is 1.31 bits per heavy atom. The second kappa shape index (κ2) is 8.84. The number of halogens is 3. The number of nitrogens with zero attached hydrogens (tertiary/aromatic N) is 3. The van der Waals surface area contributed by atoms with Gasteiger partial charge in [-0.15, -0.1) is 0 Å². The molecule has 2 rings (SSSR count). The second-order valence-corrected chi connectivity index (χ2v) is 6.12.